The molecule has 1 heterocycles. The molecule has 0 aromatic carbocycles. The van der Waals surface area contributed by atoms with E-state index in [0.717, 1.165) is 38.8 Å². The predicted molar refractivity (Wildman–Crippen MR) is 69.3 cm³/mol. The van der Waals surface area contributed by atoms with Gasteiger partial charge in [0, 0.05) is 6.42 Å². The summed E-state index contributed by atoms with van der Waals surface area (Å²) in [4.78, 5) is 22.6. The average molecular weight is 256 g/mol. The summed E-state index contributed by atoms with van der Waals surface area (Å²) in [5, 5.41) is 14.8. The summed E-state index contributed by atoms with van der Waals surface area (Å²) >= 11 is 0. The Balaban J connectivity index is 2.24. The molecule has 18 heavy (non-hydrogen) atoms. The molecule has 1 aliphatic rings. The Labute approximate surface area is 108 Å². The second-order valence-corrected chi connectivity index (χ2v) is 4.98. The first-order chi connectivity index (χ1) is 8.63. The smallest absolute Gasteiger partial charge is 0.326 e. The van der Waals surface area contributed by atoms with Crippen LogP contribution >= 0.6 is 0 Å². The van der Waals surface area contributed by atoms with Crippen molar-refractivity contribution in [1.82, 2.24) is 10.6 Å². The highest BCUT2D eigenvalue weighted by molar-refractivity contribution is 5.83. The standard InChI is InChI=1S/C13H24N2O3/c1-2-3-11(13(17)18)15-12(16)5-4-10-6-8-14-9-7-10/h10-11,14H,2-9H2,1H3,(H,15,16)(H,17,18)/t11-/m1/s1. The highest BCUT2D eigenvalue weighted by Gasteiger charge is 2.20. The Morgan fingerprint density at radius 3 is 2.61 bits per heavy atom. The maximum Gasteiger partial charge on any atom is 0.326 e. The van der Waals surface area contributed by atoms with Crippen LogP contribution < -0.4 is 10.6 Å². The van der Waals surface area contributed by atoms with E-state index in [0.29, 0.717) is 18.8 Å². The van der Waals surface area contributed by atoms with Gasteiger partial charge < -0.3 is 15.7 Å². The van der Waals surface area contributed by atoms with Crippen LogP contribution in [0.5, 0.6) is 0 Å². The van der Waals surface area contributed by atoms with Crippen molar-refractivity contribution in [2.24, 2.45) is 5.92 Å². The molecule has 1 rings (SSSR count). The molecular formula is C13H24N2O3. The van der Waals surface area contributed by atoms with Crippen molar-refractivity contribution in [2.45, 2.75) is 51.5 Å². The molecule has 0 bridgehead atoms. The molecule has 1 aliphatic heterocycles. The minimum Gasteiger partial charge on any atom is -0.480 e. The zero-order valence-corrected chi connectivity index (χ0v) is 11.1. The fourth-order valence-electron chi connectivity index (χ4n) is 2.32. The van der Waals surface area contributed by atoms with Gasteiger partial charge >= 0.3 is 5.97 Å². The van der Waals surface area contributed by atoms with E-state index in [-0.39, 0.29) is 5.91 Å². The number of carbonyl (C=O) groups is 2. The minimum absolute atomic E-state index is 0.130. The number of piperidine rings is 1. The summed E-state index contributed by atoms with van der Waals surface area (Å²) in [7, 11) is 0. The molecule has 0 aromatic rings. The molecule has 5 nitrogen and oxygen atoms in total. The fraction of sp³-hybridized carbons (Fsp3) is 0.846. The number of carboxylic acid groups (broad SMARTS) is 1. The molecular weight excluding hydrogens is 232 g/mol. The predicted octanol–water partition coefficient (Wildman–Crippen LogP) is 1.14. The SMILES string of the molecule is CCC[C@@H](NC(=O)CCC1CCNCC1)C(=O)O. The number of carbonyl (C=O) groups excluding carboxylic acids is 1. The Kier molecular flexibility index (Phi) is 6.72. The van der Waals surface area contributed by atoms with Crippen LogP contribution in [0.15, 0.2) is 0 Å². The Hall–Kier alpha value is -1.10. The molecule has 1 fully saturated rings. The summed E-state index contributed by atoms with van der Waals surface area (Å²) in [5.41, 5.74) is 0. The van der Waals surface area contributed by atoms with Gasteiger partial charge in [-0.2, -0.15) is 0 Å². The molecule has 0 spiro atoms. The number of aliphatic carboxylic acids is 1. The lowest BCUT2D eigenvalue weighted by atomic mass is 9.93. The molecule has 0 unspecified atom stereocenters. The van der Waals surface area contributed by atoms with E-state index in [9.17, 15) is 9.59 Å². The van der Waals surface area contributed by atoms with Gasteiger partial charge in [-0.3, -0.25) is 4.79 Å². The van der Waals surface area contributed by atoms with Gasteiger partial charge in [-0.25, -0.2) is 4.79 Å². The van der Waals surface area contributed by atoms with E-state index >= 15 is 0 Å². The van der Waals surface area contributed by atoms with Crippen LogP contribution in [0, 0.1) is 5.92 Å². The Morgan fingerprint density at radius 1 is 1.39 bits per heavy atom. The molecule has 0 aromatic heterocycles. The van der Waals surface area contributed by atoms with Gasteiger partial charge in [0.1, 0.15) is 6.04 Å². The second-order valence-electron chi connectivity index (χ2n) is 4.98. The third-order valence-corrected chi connectivity index (χ3v) is 3.45. The van der Waals surface area contributed by atoms with Crippen molar-refractivity contribution in [1.29, 1.82) is 0 Å². The van der Waals surface area contributed by atoms with Gasteiger partial charge in [-0.1, -0.05) is 13.3 Å². The van der Waals surface area contributed by atoms with E-state index in [1.165, 1.54) is 0 Å². The first kappa shape index (κ1) is 15.0. The lowest BCUT2D eigenvalue weighted by Crippen LogP contribution is -2.40. The van der Waals surface area contributed by atoms with Gasteiger partial charge in [0.25, 0.3) is 0 Å². The third-order valence-electron chi connectivity index (χ3n) is 3.45. The fourth-order valence-corrected chi connectivity index (χ4v) is 2.32. The molecule has 0 aliphatic carbocycles. The molecule has 1 amide bonds. The zero-order chi connectivity index (χ0) is 13.4. The number of nitrogens with one attached hydrogen (secondary N) is 2. The Morgan fingerprint density at radius 2 is 2.06 bits per heavy atom. The minimum atomic E-state index is -0.938. The van der Waals surface area contributed by atoms with Gasteiger partial charge in [0.05, 0.1) is 0 Å². The Bertz CT molecular complexity index is 275. The third kappa shape index (κ3) is 5.49. The number of amides is 1. The molecule has 3 N–H and O–H groups in total. The normalized spacial score (nSPS) is 18.3. The largest absolute Gasteiger partial charge is 0.480 e. The van der Waals surface area contributed by atoms with E-state index < -0.39 is 12.0 Å². The molecule has 104 valence electrons. The number of hydrogen-bond acceptors (Lipinski definition) is 3. The van der Waals surface area contributed by atoms with Crippen molar-refractivity contribution in [3.8, 4) is 0 Å². The molecule has 0 saturated carbocycles. The van der Waals surface area contributed by atoms with E-state index in [1.807, 2.05) is 6.92 Å². The average Bonchev–Trinajstić information content (AvgIpc) is 2.37. The topological polar surface area (TPSA) is 78.4 Å². The summed E-state index contributed by atoms with van der Waals surface area (Å²) < 4.78 is 0. The van der Waals surface area contributed by atoms with Crippen LogP contribution in [-0.2, 0) is 9.59 Å². The van der Waals surface area contributed by atoms with Gasteiger partial charge in [-0.15, -0.1) is 0 Å². The van der Waals surface area contributed by atoms with Crippen LogP contribution in [0.1, 0.15) is 45.4 Å². The number of hydrogen-bond donors (Lipinski definition) is 3. The second kappa shape index (κ2) is 8.08. The quantitative estimate of drug-likeness (QED) is 0.638. The molecule has 0 radical (unpaired) electrons. The van der Waals surface area contributed by atoms with E-state index in [2.05, 4.69) is 10.6 Å². The highest BCUT2D eigenvalue weighted by atomic mass is 16.4. The lowest BCUT2D eigenvalue weighted by molar-refractivity contribution is -0.142. The van der Waals surface area contributed by atoms with Gasteiger partial charge in [0.2, 0.25) is 5.91 Å². The number of rotatable bonds is 7. The lowest BCUT2D eigenvalue weighted by Gasteiger charge is -2.22. The highest BCUT2D eigenvalue weighted by Crippen LogP contribution is 2.17. The molecule has 1 saturated heterocycles. The van der Waals surface area contributed by atoms with Crippen molar-refractivity contribution in [3.63, 3.8) is 0 Å². The summed E-state index contributed by atoms with van der Waals surface area (Å²) in [6.45, 7) is 3.97. The van der Waals surface area contributed by atoms with Gasteiger partial charge in [0.15, 0.2) is 0 Å². The van der Waals surface area contributed by atoms with Crippen molar-refractivity contribution in [2.75, 3.05) is 13.1 Å². The van der Waals surface area contributed by atoms with Crippen molar-refractivity contribution >= 4 is 11.9 Å². The molecule has 5 heteroatoms. The van der Waals surface area contributed by atoms with E-state index in [4.69, 9.17) is 5.11 Å². The van der Waals surface area contributed by atoms with Gasteiger partial charge in [-0.05, 0) is 44.7 Å². The van der Waals surface area contributed by atoms with Crippen molar-refractivity contribution in [3.05, 3.63) is 0 Å². The van der Waals surface area contributed by atoms with Crippen molar-refractivity contribution < 1.29 is 14.7 Å². The van der Waals surface area contributed by atoms with Crippen LogP contribution in [0.2, 0.25) is 0 Å². The maximum atomic E-state index is 11.7. The molecule has 1 atom stereocenters. The van der Waals surface area contributed by atoms with E-state index in [1.54, 1.807) is 0 Å². The first-order valence-electron chi connectivity index (χ1n) is 6.86. The van der Waals surface area contributed by atoms with Crippen LogP contribution in [0.4, 0.5) is 0 Å². The zero-order valence-electron chi connectivity index (χ0n) is 11.1. The summed E-state index contributed by atoms with van der Waals surface area (Å²) in [6, 6.07) is -0.726. The van der Waals surface area contributed by atoms with Crippen LogP contribution in [0.25, 0.3) is 0 Å². The number of carboxylic acids is 1. The van der Waals surface area contributed by atoms with Crippen LogP contribution in [-0.4, -0.2) is 36.1 Å². The monoisotopic (exact) mass is 256 g/mol. The summed E-state index contributed by atoms with van der Waals surface area (Å²) in [6.07, 6.45) is 4.79. The maximum absolute atomic E-state index is 11.7. The van der Waals surface area contributed by atoms with Crippen LogP contribution in [0.3, 0.4) is 0 Å². The first-order valence-corrected chi connectivity index (χ1v) is 6.86. The summed E-state index contributed by atoms with van der Waals surface area (Å²) in [5.74, 6) is -0.465.